The van der Waals surface area contributed by atoms with Crippen molar-refractivity contribution < 1.29 is 9.53 Å². The second-order valence-corrected chi connectivity index (χ2v) is 7.29. The SMILES string of the molecule is Cc1ccccc1CN1C[C@H]2C[C@H](C(=O)N3CCCC3)[C@@H](C1)O2. The first-order valence-electron chi connectivity index (χ1n) is 8.92. The minimum Gasteiger partial charge on any atom is -0.371 e. The van der Waals surface area contributed by atoms with E-state index in [1.165, 1.54) is 11.1 Å². The molecule has 124 valence electrons. The van der Waals surface area contributed by atoms with Gasteiger partial charge in [-0.05, 0) is 37.3 Å². The predicted octanol–water partition coefficient (Wildman–Crippen LogP) is 2.21. The molecule has 1 aromatic rings. The second-order valence-electron chi connectivity index (χ2n) is 7.29. The number of hydrogen-bond donors (Lipinski definition) is 0. The number of benzene rings is 1. The van der Waals surface area contributed by atoms with Crippen molar-refractivity contribution in [2.24, 2.45) is 5.92 Å². The molecule has 1 aromatic carbocycles. The van der Waals surface area contributed by atoms with Crippen LogP contribution in [0.3, 0.4) is 0 Å². The van der Waals surface area contributed by atoms with Crippen LogP contribution in [0.1, 0.15) is 30.4 Å². The molecule has 3 aliphatic heterocycles. The predicted molar refractivity (Wildman–Crippen MR) is 89.0 cm³/mol. The molecule has 0 aliphatic carbocycles. The first-order chi connectivity index (χ1) is 11.2. The highest BCUT2D eigenvalue weighted by Gasteiger charge is 2.46. The summed E-state index contributed by atoms with van der Waals surface area (Å²) in [6.07, 6.45) is 3.55. The van der Waals surface area contributed by atoms with Crippen LogP contribution in [-0.4, -0.2) is 54.1 Å². The topological polar surface area (TPSA) is 32.8 Å². The van der Waals surface area contributed by atoms with Crippen molar-refractivity contribution in [3.05, 3.63) is 35.4 Å². The van der Waals surface area contributed by atoms with Gasteiger partial charge in [0.1, 0.15) is 0 Å². The van der Waals surface area contributed by atoms with Crippen molar-refractivity contribution in [3.63, 3.8) is 0 Å². The molecule has 3 heterocycles. The fourth-order valence-electron chi connectivity index (χ4n) is 4.33. The van der Waals surface area contributed by atoms with Gasteiger partial charge in [0.2, 0.25) is 5.91 Å². The average molecular weight is 314 g/mol. The van der Waals surface area contributed by atoms with Crippen LogP contribution in [0.2, 0.25) is 0 Å². The number of hydrogen-bond acceptors (Lipinski definition) is 3. The number of carbonyl (C=O) groups excluding carboxylic acids is 1. The number of morpholine rings is 1. The van der Waals surface area contributed by atoms with Gasteiger partial charge < -0.3 is 9.64 Å². The lowest BCUT2D eigenvalue weighted by molar-refractivity contribution is -0.137. The Morgan fingerprint density at radius 2 is 2.00 bits per heavy atom. The van der Waals surface area contributed by atoms with E-state index in [1.54, 1.807) is 0 Å². The fourth-order valence-corrected chi connectivity index (χ4v) is 4.33. The Kier molecular flexibility index (Phi) is 4.12. The lowest BCUT2D eigenvalue weighted by atomic mass is 9.99. The van der Waals surface area contributed by atoms with Gasteiger partial charge in [0, 0.05) is 32.7 Å². The first kappa shape index (κ1) is 15.2. The molecule has 4 heteroatoms. The fraction of sp³-hybridized carbons (Fsp3) is 0.632. The highest BCUT2D eigenvalue weighted by Crippen LogP contribution is 2.34. The van der Waals surface area contributed by atoms with Gasteiger partial charge in [0.05, 0.1) is 18.1 Å². The third kappa shape index (κ3) is 3.02. The molecule has 4 nitrogen and oxygen atoms in total. The van der Waals surface area contributed by atoms with Gasteiger partial charge in [0.25, 0.3) is 0 Å². The molecule has 0 aromatic heterocycles. The number of ether oxygens (including phenoxy) is 1. The van der Waals surface area contributed by atoms with E-state index in [0.717, 1.165) is 52.0 Å². The van der Waals surface area contributed by atoms with E-state index in [1.807, 2.05) is 0 Å². The minimum atomic E-state index is 0.0833. The van der Waals surface area contributed by atoms with Gasteiger partial charge in [-0.25, -0.2) is 0 Å². The molecule has 0 spiro atoms. The summed E-state index contributed by atoms with van der Waals surface area (Å²) >= 11 is 0. The molecular formula is C19H26N2O2. The molecule has 4 rings (SSSR count). The van der Waals surface area contributed by atoms with Crippen LogP contribution in [0.25, 0.3) is 0 Å². The van der Waals surface area contributed by atoms with Crippen LogP contribution in [0.15, 0.2) is 24.3 Å². The third-order valence-electron chi connectivity index (χ3n) is 5.62. The highest BCUT2D eigenvalue weighted by atomic mass is 16.5. The van der Waals surface area contributed by atoms with Crippen LogP contribution >= 0.6 is 0 Å². The molecule has 0 radical (unpaired) electrons. The van der Waals surface area contributed by atoms with E-state index in [4.69, 9.17) is 4.74 Å². The van der Waals surface area contributed by atoms with Gasteiger partial charge >= 0.3 is 0 Å². The molecule has 2 bridgehead atoms. The largest absolute Gasteiger partial charge is 0.371 e. The molecule has 0 saturated carbocycles. The summed E-state index contributed by atoms with van der Waals surface area (Å²) in [5.74, 6) is 0.424. The molecule has 3 atom stereocenters. The maximum Gasteiger partial charge on any atom is 0.228 e. The van der Waals surface area contributed by atoms with E-state index in [-0.39, 0.29) is 18.1 Å². The Morgan fingerprint density at radius 3 is 2.78 bits per heavy atom. The van der Waals surface area contributed by atoms with Crippen molar-refractivity contribution in [1.82, 2.24) is 9.80 Å². The zero-order valence-corrected chi connectivity index (χ0v) is 13.9. The summed E-state index contributed by atoms with van der Waals surface area (Å²) in [5.41, 5.74) is 2.73. The maximum absolute atomic E-state index is 12.7. The number of rotatable bonds is 3. The van der Waals surface area contributed by atoms with Crippen LogP contribution in [0.5, 0.6) is 0 Å². The maximum atomic E-state index is 12.7. The Balaban J connectivity index is 1.42. The second kappa shape index (κ2) is 6.25. The van der Waals surface area contributed by atoms with Crippen molar-refractivity contribution in [2.75, 3.05) is 26.2 Å². The lowest BCUT2D eigenvalue weighted by Crippen LogP contribution is -2.45. The Labute approximate surface area is 138 Å². The summed E-state index contributed by atoms with van der Waals surface area (Å²) in [7, 11) is 0. The molecule has 3 aliphatic rings. The van der Waals surface area contributed by atoms with E-state index in [2.05, 4.69) is 41.0 Å². The Bertz CT molecular complexity index is 582. The van der Waals surface area contributed by atoms with Crippen LogP contribution in [-0.2, 0) is 16.1 Å². The standard InChI is InChI=1S/C19H26N2O2/c1-14-6-2-3-7-15(14)11-20-12-16-10-17(18(13-20)23-16)19(22)21-8-4-5-9-21/h2-3,6-7,16-18H,4-5,8-13H2,1H3/t16-,17+,18-/m1/s1. The minimum absolute atomic E-state index is 0.0833. The number of amides is 1. The van der Waals surface area contributed by atoms with Gasteiger partial charge in [-0.3, -0.25) is 9.69 Å². The van der Waals surface area contributed by atoms with E-state index in [9.17, 15) is 4.79 Å². The molecule has 3 fully saturated rings. The average Bonchev–Trinajstić information content (AvgIpc) is 3.17. The number of aryl methyl sites for hydroxylation is 1. The van der Waals surface area contributed by atoms with Gasteiger partial charge in [-0.1, -0.05) is 24.3 Å². The normalized spacial score (nSPS) is 30.8. The number of carbonyl (C=O) groups is 1. The monoisotopic (exact) mass is 314 g/mol. The van der Waals surface area contributed by atoms with Gasteiger partial charge in [-0.2, -0.15) is 0 Å². The third-order valence-corrected chi connectivity index (χ3v) is 5.62. The van der Waals surface area contributed by atoms with Crippen molar-refractivity contribution in [3.8, 4) is 0 Å². The van der Waals surface area contributed by atoms with Gasteiger partial charge in [0.15, 0.2) is 0 Å². The van der Waals surface area contributed by atoms with Crippen molar-refractivity contribution >= 4 is 5.91 Å². The zero-order valence-electron chi connectivity index (χ0n) is 13.9. The van der Waals surface area contributed by atoms with Crippen molar-refractivity contribution in [2.45, 2.75) is 44.9 Å². The summed E-state index contributed by atoms with van der Waals surface area (Å²) in [6, 6.07) is 8.58. The summed E-state index contributed by atoms with van der Waals surface area (Å²) in [6.45, 7) is 6.86. The van der Waals surface area contributed by atoms with E-state index >= 15 is 0 Å². The van der Waals surface area contributed by atoms with Crippen LogP contribution in [0.4, 0.5) is 0 Å². The summed E-state index contributed by atoms with van der Waals surface area (Å²) in [4.78, 5) is 17.3. The molecule has 0 N–H and O–H groups in total. The van der Waals surface area contributed by atoms with Crippen LogP contribution in [0, 0.1) is 12.8 Å². The lowest BCUT2D eigenvalue weighted by Gasteiger charge is -2.33. The number of likely N-dealkylation sites (tertiary alicyclic amines) is 2. The molecule has 0 unspecified atom stereocenters. The van der Waals surface area contributed by atoms with Gasteiger partial charge in [-0.15, -0.1) is 0 Å². The molecule has 3 saturated heterocycles. The Hall–Kier alpha value is -1.39. The number of fused-ring (bicyclic) bond motifs is 2. The van der Waals surface area contributed by atoms with Crippen molar-refractivity contribution in [1.29, 1.82) is 0 Å². The zero-order chi connectivity index (χ0) is 15.8. The molecule has 1 amide bonds. The van der Waals surface area contributed by atoms with Crippen LogP contribution < -0.4 is 0 Å². The van der Waals surface area contributed by atoms with E-state index in [0.29, 0.717) is 5.91 Å². The quantitative estimate of drug-likeness (QED) is 0.857. The summed E-state index contributed by atoms with van der Waals surface area (Å²) in [5, 5.41) is 0. The summed E-state index contributed by atoms with van der Waals surface area (Å²) < 4.78 is 6.10. The highest BCUT2D eigenvalue weighted by molar-refractivity contribution is 5.80. The first-order valence-corrected chi connectivity index (χ1v) is 8.92. The molecule has 23 heavy (non-hydrogen) atoms. The molecular weight excluding hydrogens is 288 g/mol. The number of nitrogens with zero attached hydrogens (tertiary/aromatic N) is 2. The smallest absolute Gasteiger partial charge is 0.228 e. The van der Waals surface area contributed by atoms with E-state index < -0.39 is 0 Å². The Morgan fingerprint density at radius 1 is 1.22 bits per heavy atom.